The molecule has 1 fully saturated rings. The molecule has 1 saturated carbocycles. The minimum absolute atomic E-state index is 0.154. The van der Waals surface area contributed by atoms with Gasteiger partial charge in [0.05, 0.1) is 10.7 Å². The van der Waals surface area contributed by atoms with Crippen molar-refractivity contribution >= 4 is 11.3 Å². The summed E-state index contributed by atoms with van der Waals surface area (Å²) in [5, 5.41) is 3.49. The van der Waals surface area contributed by atoms with Crippen molar-refractivity contribution in [3.8, 4) is 0 Å². The third-order valence-corrected chi connectivity index (χ3v) is 4.25. The zero-order valence-corrected chi connectivity index (χ0v) is 10.2. The monoisotopic (exact) mass is 224 g/mol. The van der Waals surface area contributed by atoms with Gasteiger partial charge in [-0.05, 0) is 19.3 Å². The van der Waals surface area contributed by atoms with Crippen LogP contribution in [0.15, 0.2) is 5.38 Å². The Kier molecular flexibility index (Phi) is 3.76. The molecule has 0 radical (unpaired) electrons. The molecule has 15 heavy (non-hydrogen) atoms. The molecule has 0 aromatic carbocycles. The lowest BCUT2D eigenvalue weighted by atomic mass is 10.1. The van der Waals surface area contributed by atoms with Gasteiger partial charge < -0.3 is 5.73 Å². The van der Waals surface area contributed by atoms with Crippen molar-refractivity contribution < 1.29 is 0 Å². The van der Waals surface area contributed by atoms with Gasteiger partial charge >= 0.3 is 0 Å². The van der Waals surface area contributed by atoms with Crippen LogP contribution in [0.1, 0.15) is 68.1 Å². The van der Waals surface area contributed by atoms with Gasteiger partial charge in [-0.25, -0.2) is 4.98 Å². The van der Waals surface area contributed by atoms with Crippen LogP contribution in [-0.2, 0) is 0 Å². The fourth-order valence-corrected chi connectivity index (χ4v) is 3.35. The average Bonchev–Trinajstić information content (AvgIpc) is 2.89. The maximum absolute atomic E-state index is 6.06. The van der Waals surface area contributed by atoms with Crippen molar-refractivity contribution in [3.05, 3.63) is 16.1 Å². The Morgan fingerprint density at radius 1 is 1.53 bits per heavy atom. The van der Waals surface area contributed by atoms with Crippen LogP contribution in [0, 0.1) is 0 Å². The standard InChI is InChI=1S/C12H20N2S/c1-2-5-10(13)11-8-15-12(14-11)9-6-3-4-7-9/h8-10H,2-7,13H2,1H3. The first-order valence-electron chi connectivity index (χ1n) is 6.02. The van der Waals surface area contributed by atoms with Crippen molar-refractivity contribution in [2.75, 3.05) is 0 Å². The van der Waals surface area contributed by atoms with Crippen molar-refractivity contribution in [3.63, 3.8) is 0 Å². The lowest BCUT2D eigenvalue weighted by Gasteiger charge is -2.07. The van der Waals surface area contributed by atoms with Crippen LogP contribution in [0.25, 0.3) is 0 Å². The van der Waals surface area contributed by atoms with Gasteiger partial charge in [0.1, 0.15) is 0 Å². The van der Waals surface area contributed by atoms with E-state index in [9.17, 15) is 0 Å². The van der Waals surface area contributed by atoms with E-state index in [-0.39, 0.29) is 6.04 Å². The molecule has 1 aliphatic carbocycles. The summed E-state index contributed by atoms with van der Waals surface area (Å²) < 4.78 is 0. The minimum Gasteiger partial charge on any atom is -0.323 e. The molecule has 1 atom stereocenters. The van der Waals surface area contributed by atoms with E-state index < -0.39 is 0 Å². The Hall–Kier alpha value is -0.410. The van der Waals surface area contributed by atoms with Crippen LogP contribution >= 0.6 is 11.3 Å². The predicted molar refractivity (Wildman–Crippen MR) is 65.2 cm³/mol. The Morgan fingerprint density at radius 3 is 2.93 bits per heavy atom. The predicted octanol–water partition coefficient (Wildman–Crippen LogP) is 3.60. The first kappa shape index (κ1) is 11.1. The summed E-state index contributed by atoms with van der Waals surface area (Å²) in [4.78, 5) is 4.70. The van der Waals surface area contributed by atoms with Crippen LogP contribution < -0.4 is 5.73 Å². The van der Waals surface area contributed by atoms with E-state index in [2.05, 4.69) is 12.3 Å². The van der Waals surface area contributed by atoms with Crippen molar-refractivity contribution in [2.24, 2.45) is 5.73 Å². The molecule has 1 aromatic heterocycles. The highest BCUT2D eigenvalue weighted by atomic mass is 32.1. The fraction of sp³-hybridized carbons (Fsp3) is 0.750. The normalized spacial score (nSPS) is 19.6. The fourth-order valence-electron chi connectivity index (χ4n) is 2.29. The molecule has 2 rings (SSSR count). The van der Waals surface area contributed by atoms with E-state index >= 15 is 0 Å². The highest BCUT2D eigenvalue weighted by Crippen LogP contribution is 2.36. The molecule has 1 aromatic rings. The molecule has 0 saturated heterocycles. The Morgan fingerprint density at radius 2 is 2.27 bits per heavy atom. The van der Waals surface area contributed by atoms with Gasteiger partial charge in [0.25, 0.3) is 0 Å². The summed E-state index contributed by atoms with van der Waals surface area (Å²) in [7, 11) is 0. The van der Waals surface area contributed by atoms with E-state index in [0.29, 0.717) is 0 Å². The molecule has 0 amide bonds. The largest absolute Gasteiger partial charge is 0.323 e. The van der Waals surface area contributed by atoms with Gasteiger partial charge in [0.2, 0.25) is 0 Å². The lowest BCUT2D eigenvalue weighted by molar-refractivity contribution is 0.617. The Bertz CT molecular complexity index is 302. The maximum atomic E-state index is 6.06. The summed E-state index contributed by atoms with van der Waals surface area (Å²) >= 11 is 1.81. The highest BCUT2D eigenvalue weighted by Gasteiger charge is 2.21. The molecule has 1 heterocycles. The van der Waals surface area contributed by atoms with Crippen molar-refractivity contribution in [2.45, 2.75) is 57.4 Å². The van der Waals surface area contributed by atoms with Crippen molar-refractivity contribution in [1.82, 2.24) is 4.98 Å². The smallest absolute Gasteiger partial charge is 0.0959 e. The van der Waals surface area contributed by atoms with E-state index in [1.807, 2.05) is 11.3 Å². The number of aromatic nitrogens is 1. The zero-order chi connectivity index (χ0) is 10.7. The summed E-state index contributed by atoms with van der Waals surface area (Å²) in [5.41, 5.74) is 7.18. The second kappa shape index (κ2) is 5.08. The van der Waals surface area contributed by atoms with Gasteiger partial charge in [-0.2, -0.15) is 0 Å². The second-order valence-electron chi connectivity index (χ2n) is 4.49. The van der Waals surface area contributed by atoms with Gasteiger partial charge in [-0.15, -0.1) is 11.3 Å². The molecule has 1 unspecified atom stereocenters. The first-order chi connectivity index (χ1) is 7.31. The van der Waals surface area contributed by atoms with Crippen LogP contribution in [0.4, 0.5) is 0 Å². The molecule has 2 N–H and O–H groups in total. The average molecular weight is 224 g/mol. The molecule has 0 bridgehead atoms. The van der Waals surface area contributed by atoms with Gasteiger partial charge in [0.15, 0.2) is 0 Å². The maximum Gasteiger partial charge on any atom is 0.0959 e. The van der Waals surface area contributed by atoms with E-state index in [1.165, 1.54) is 30.7 Å². The van der Waals surface area contributed by atoms with E-state index in [0.717, 1.165) is 24.5 Å². The Labute approximate surface area is 95.9 Å². The highest BCUT2D eigenvalue weighted by molar-refractivity contribution is 7.09. The number of nitrogens with zero attached hydrogens (tertiary/aromatic N) is 1. The summed E-state index contributed by atoms with van der Waals surface area (Å²) in [6, 6.07) is 0.154. The zero-order valence-electron chi connectivity index (χ0n) is 9.41. The molecular weight excluding hydrogens is 204 g/mol. The number of thiazole rings is 1. The van der Waals surface area contributed by atoms with Crippen LogP contribution in [-0.4, -0.2) is 4.98 Å². The number of hydrogen-bond donors (Lipinski definition) is 1. The molecule has 0 aliphatic heterocycles. The summed E-state index contributed by atoms with van der Waals surface area (Å²) in [6.07, 6.45) is 7.60. The summed E-state index contributed by atoms with van der Waals surface area (Å²) in [5.74, 6) is 0.734. The van der Waals surface area contributed by atoms with E-state index in [4.69, 9.17) is 10.7 Å². The van der Waals surface area contributed by atoms with Crippen LogP contribution in [0.2, 0.25) is 0 Å². The minimum atomic E-state index is 0.154. The number of nitrogens with two attached hydrogens (primary N) is 1. The van der Waals surface area contributed by atoms with Crippen LogP contribution in [0.3, 0.4) is 0 Å². The molecule has 2 nitrogen and oxygen atoms in total. The first-order valence-corrected chi connectivity index (χ1v) is 6.90. The third kappa shape index (κ3) is 2.58. The third-order valence-electron chi connectivity index (χ3n) is 3.22. The van der Waals surface area contributed by atoms with Gasteiger partial charge in [-0.1, -0.05) is 26.2 Å². The van der Waals surface area contributed by atoms with Gasteiger partial charge in [0, 0.05) is 17.3 Å². The van der Waals surface area contributed by atoms with E-state index in [1.54, 1.807) is 0 Å². The summed E-state index contributed by atoms with van der Waals surface area (Å²) in [6.45, 7) is 2.17. The molecule has 1 aliphatic rings. The lowest BCUT2D eigenvalue weighted by Crippen LogP contribution is -2.10. The topological polar surface area (TPSA) is 38.9 Å². The molecular formula is C12H20N2S. The molecule has 84 valence electrons. The van der Waals surface area contributed by atoms with Crippen molar-refractivity contribution in [1.29, 1.82) is 0 Å². The SMILES string of the molecule is CCCC(N)c1csc(C2CCCC2)n1. The number of rotatable bonds is 4. The Balaban J connectivity index is 2.02. The number of hydrogen-bond acceptors (Lipinski definition) is 3. The molecule has 0 spiro atoms. The second-order valence-corrected chi connectivity index (χ2v) is 5.38. The molecule has 3 heteroatoms. The van der Waals surface area contributed by atoms with Crippen LogP contribution in [0.5, 0.6) is 0 Å². The van der Waals surface area contributed by atoms with Gasteiger partial charge in [-0.3, -0.25) is 0 Å². The quantitative estimate of drug-likeness (QED) is 0.848.